The summed E-state index contributed by atoms with van der Waals surface area (Å²) in [4.78, 5) is 73.0. The standard InChI is InChI=1S/C81H158O17P2/c1-7-9-11-13-15-17-19-33-39-45-51-57-63-78(83)91-69-76(97-80(85)65-59-53-47-41-34-20-18-16-14-12-10-8-2)71-95-99(87,88)93-67-75(82)68-94-100(89,90)96-72-77(70-92-79(84)64-58-52-46-40-35-30-29-32-38-44-50-56-62-74(5)6)98-81(86)66-60-54-48-42-36-28-26-24-22-21-23-25-27-31-37-43-49-55-61-73(3)4/h73-77,82H,7-72H2,1-6H3,(H,87,88)(H,89,90)/t75-,76+,77+/m0/s1. The number of esters is 4. The van der Waals surface area contributed by atoms with Gasteiger partial charge in [-0.1, -0.05) is 375 Å². The summed E-state index contributed by atoms with van der Waals surface area (Å²) in [7, 11) is -9.92. The van der Waals surface area contributed by atoms with Crippen LogP contribution in [0.4, 0.5) is 0 Å². The van der Waals surface area contributed by atoms with E-state index in [-0.39, 0.29) is 25.7 Å². The normalized spacial score (nSPS) is 13.9. The Kier molecular flexibility index (Phi) is 71.2. The van der Waals surface area contributed by atoms with Crippen LogP contribution >= 0.6 is 15.6 Å². The molecule has 0 aromatic carbocycles. The maximum atomic E-state index is 13.1. The molecule has 0 bridgehead atoms. The highest BCUT2D eigenvalue weighted by Crippen LogP contribution is 2.45. The predicted octanol–water partition coefficient (Wildman–Crippen LogP) is 24.3. The van der Waals surface area contributed by atoms with Gasteiger partial charge in [0.15, 0.2) is 12.2 Å². The van der Waals surface area contributed by atoms with Gasteiger partial charge in [-0.15, -0.1) is 0 Å². The maximum absolute atomic E-state index is 13.1. The SMILES string of the molecule is CCCCCCCCCCCCCCC(=O)OC[C@H](COP(=O)(O)OC[C@H](O)COP(=O)(O)OC[C@@H](COC(=O)CCCCCCCCCCCCCCC(C)C)OC(=O)CCCCCCCCCCCCCCCCCCCCC(C)C)OC(=O)CCCCCCCCCCCCCC. The second-order valence-corrected chi connectivity index (χ2v) is 33.0. The second-order valence-electron chi connectivity index (χ2n) is 30.1. The number of rotatable bonds is 80. The number of carbonyl (C=O) groups is 4. The molecular formula is C81H158O17P2. The summed E-state index contributed by atoms with van der Waals surface area (Å²) in [5.41, 5.74) is 0. The minimum atomic E-state index is -4.96. The van der Waals surface area contributed by atoms with Crippen LogP contribution in [0.25, 0.3) is 0 Å². The molecule has 0 saturated heterocycles. The Morgan fingerprint density at radius 2 is 0.460 bits per heavy atom. The molecule has 0 radical (unpaired) electrons. The number of hydrogen-bond donors (Lipinski definition) is 3. The van der Waals surface area contributed by atoms with Crippen molar-refractivity contribution in [2.24, 2.45) is 11.8 Å². The molecule has 2 unspecified atom stereocenters. The van der Waals surface area contributed by atoms with Gasteiger partial charge < -0.3 is 33.8 Å². The van der Waals surface area contributed by atoms with Gasteiger partial charge in [0.1, 0.15) is 19.3 Å². The third kappa shape index (κ3) is 74.3. The lowest BCUT2D eigenvalue weighted by atomic mass is 10.0. The summed E-state index contributed by atoms with van der Waals surface area (Å²) >= 11 is 0. The number of ether oxygens (including phenoxy) is 4. The molecule has 5 atom stereocenters. The third-order valence-corrected chi connectivity index (χ3v) is 20.9. The van der Waals surface area contributed by atoms with E-state index in [9.17, 15) is 43.2 Å². The lowest BCUT2D eigenvalue weighted by Crippen LogP contribution is -2.30. The third-order valence-electron chi connectivity index (χ3n) is 19.0. The zero-order valence-electron chi connectivity index (χ0n) is 65.5. The number of aliphatic hydroxyl groups is 1. The van der Waals surface area contributed by atoms with Gasteiger partial charge in [0.25, 0.3) is 0 Å². The van der Waals surface area contributed by atoms with Crippen LogP contribution in [0.1, 0.15) is 427 Å². The molecular weight excluding hydrogens is 1310 g/mol. The summed E-state index contributed by atoms with van der Waals surface area (Å²) in [5.74, 6) is -0.504. The maximum Gasteiger partial charge on any atom is 0.472 e. The topological polar surface area (TPSA) is 237 Å². The van der Waals surface area contributed by atoms with E-state index in [0.29, 0.717) is 25.7 Å². The van der Waals surface area contributed by atoms with E-state index in [4.69, 9.17) is 37.0 Å². The lowest BCUT2D eigenvalue weighted by Gasteiger charge is -2.21. The molecule has 0 rings (SSSR count). The number of unbranched alkanes of at least 4 members (excludes halogenated alkanes) is 50. The van der Waals surface area contributed by atoms with Crippen molar-refractivity contribution >= 4 is 39.5 Å². The molecule has 0 aromatic heterocycles. The summed E-state index contributed by atoms with van der Waals surface area (Å²) in [6, 6.07) is 0. The quantitative estimate of drug-likeness (QED) is 0.0222. The van der Waals surface area contributed by atoms with Crippen LogP contribution in [0.5, 0.6) is 0 Å². The smallest absolute Gasteiger partial charge is 0.462 e. The monoisotopic (exact) mass is 1470 g/mol. The molecule has 0 spiro atoms. The van der Waals surface area contributed by atoms with Crippen LogP contribution in [0, 0.1) is 11.8 Å². The van der Waals surface area contributed by atoms with Gasteiger partial charge in [0, 0.05) is 25.7 Å². The number of aliphatic hydroxyl groups excluding tert-OH is 1. The fourth-order valence-electron chi connectivity index (χ4n) is 12.5. The van der Waals surface area contributed by atoms with Gasteiger partial charge >= 0.3 is 39.5 Å². The molecule has 0 heterocycles. The van der Waals surface area contributed by atoms with Gasteiger partial charge in [-0.2, -0.15) is 0 Å². The van der Waals surface area contributed by atoms with Crippen molar-refractivity contribution in [3.63, 3.8) is 0 Å². The van der Waals surface area contributed by atoms with Crippen LogP contribution in [-0.4, -0.2) is 96.7 Å². The summed E-state index contributed by atoms with van der Waals surface area (Å²) in [6.07, 6.45) is 62.3. The molecule has 0 aliphatic carbocycles. The Bertz CT molecular complexity index is 1920. The van der Waals surface area contributed by atoms with Crippen molar-refractivity contribution in [2.45, 2.75) is 445 Å². The second kappa shape index (κ2) is 72.6. The first-order chi connectivity index (χ1) is 48.4. The number of carbonyl (C=O) groups excluding carboxylic acids is 4. The number of hydrogen-bond acceptors (Lipinski definition) is 15. The first-order valence-electron chi connectivity index (χ1n) is 42.0. The highest BCUT2D eigenvalue weighted by atomic mass is 31.2. The zero-order chi connectivity index (χ0) is 73.5. The Hall–Kier alpha value is -1.94. The van der Waals surface area contributed by atoms with Crippen molar-refractivity contribution in [1.82, 2.24) is 0 Å². The molecule has 0 fully saturated rings. The van der Waals surface area contributed by atoms with Crippen LogP contribution < -0.4 is 0 Å². The van der Waals surface area contributed by atoms with E-state index in [1.807, 2.05) is 0 Å². The average Bonchev–Trinajstić information content (AvgIpc) is 0.916. The molecule has 19 heteroatoms. The fourth-order valence-corrected chi connectivity index (χ4v) is 14.1. The van der Waals surface area contributed by atoms with Crippen molar-refractivity contribution < 1.29 is 80.2 Å². The Labute approximate surface area is 613 Å². The summed E-state index contributed by atoms with van der Waals surface area (Å²) in [6.45, 7) is 9.68. The highest BCUT2D eigenvalue weighted by molar-refractivity contribution is 7.47. The molecule has 0 saturated carbocycles. The van der Waals surface area contributed by atoms with Gasteiger partial charge in [0.05, 0.1) is 26.4 Å². The molecule has 0 aromatic rings. The van der Waals surface area contributed by atoms with E-state index < -0.39 is 97.5 Å². The molecule has 0 aliphatic heterocycles. The highest BCUT2D eigenvalue weighted by Gasteiger charge is 2.30. The van der Waals surface area contributed by atoms with Gasteiger partial charge in [-0.25, -0.2) is 9.13 Å². The van der Waals surface area contributed by atoms with E-state index in [2.05, 4.69) is 41.5 Å². The molecule has 0 amide bonds. The average molecular weight is 1470 g/mol. The van der Waals surface area contributed by atoms with Crippen LogP contribution in [0.3, 0.4) is 0 Å². The Morgan fingerprint density at radius 3 is 0.680 bits per heavy atom. The summed E-state index contributed by atoms with van der Waals surface area (Å²) in [5, 5.41) is 10.6. The van der Waals surface area contributed by atoms with Crippen molar-refractivity contribution in [3.05, 3.63) is 0 Å². The van der Waals surface area contributed by atoms with Gasteiger partial charge in [-0.3, -0.25) is 37.3 Å². The van der Waals surface area contributed by atoms with E-state index in [0.717, 1.165) is 102 Å². The van der Waals surface area contributed by atoms with Crippen molar-refractivity contribution in [2.75, 3.05) is 39.6 Å². The largest absolute Gasteiger partial charge is 0.472 e. The van der Waals surface area contributed by atoms with E-state index in [1.165, 1.54) is 244 Å². The number of phosphoric acid groups is 2. The van der Waals surface area contributed by atoms with Crippen molar-refractivity contribution in [3.8, 4) is 0 Å². The molecule has 0 aliphatic rings. The first-order valence-corrected chi connectivity index (χ1v) is 45.0. The van der Waals surface area contributed by atoms with Crippen LogP contribution in [0.15, 0.2) is 0 Å². The van der Waals surface area contributed by atoms with E-state index >= 15 is 0 Å². The molecule has 100 heavy (non-hydrogen) atoms. The minimum absolute atomic E-state index is 0.108. The van der Waals surface area contributed by atoms with Crippen LogP contribution in [0.2, 0.25) is 0 Å². The van der Waals surface area contributed by atoms with Crippen molar-refractivity contribution in [1.29, 1.82) is 0 Å². The molecule has 594 valence electrons. The van der Waals surface area contributed by atoms with E-state index in [1.54, 1.807) is 0 Å². The Morgan fingerprint density at radius 1 is 0.270 bits per heavy atom. The van der Waals surface area contributed by atoms with Gasteiger partial charge in [0.2, 0.25) is 0 Å². The predicted molar refractivity (Wildman–Crippen MR) is 409 cm³/mol. The fraction of sp³-hybridized carbons (Fsp3) is 0.951. The number of phosphoric ester groups is 2. The Balaban J connectivity index is 5.23. The van der Waals surface area contributed by atoms with Gasteiger partial charge in [-0.05, 0) is 37.5 Å². The zero-order valence-corrected chi connectivity index (χ0v) is 67.3. The molecule has 17 nitrogen and oxygen atoms in total. The lowest BCUT2D eigenvalue weighted by molar-refractivity contribution is -0.161. The first kappa shape index (κ1) is 98.1. The minimum Gasteiger partial charge on any atom is -0.462 e. The van der Waals surface area contributed by atoms with Crippen LogP contribution in [-0.2, 0) is 65.4 Å². The summed E-state index contributed by atoms with van der Waals surface area (Å²) < 4.78 is 68.7. The molecule has 3 N–H and O–H groups in total.